The van der Waals surface area contributed by atoms with E-state index in [1.165, 1.54) is 0 Å². The lowest BCUT2D eigenvalue weighted by Gasteiger charge is -2.18. The molecule has 0 aliphatic heterocycles. The molecule has 0 saturated heterocycles. The molecule has 520 valence electrons. The smallest absolute Gasteiger partial charge is 0.343 e. The summed E-state index contributed by atoms with van der Waals surface area (Å²) in [6, 6.07) is 23.4. The van der Waals surface area contributed by atoms with Gasteiger partial charge in [0.25, 0.3) is 0 Å². The first-order valence-corrected chi connectivity index (χ1v) is 32.3. The number of unbranched alkanes of at least 4 members (excludes halogenated alkanes) is 4. The van der Waals surface area contributed by atoms with E-state index in [4.69, 9.17) is 41.2 Å². The number of carboxylic acid groups (broad SMARTS) is 2. The molecule has 0 aliphatic carbocycles. The maximum absolute atomic E-state index is 12.4. The van der Waals surface area contributed by atoms with E-state index < -0.39 is 36.0 Å². The summed E-state index contributed by atoms with van der Waals surface area (Å²) in [6.07, 6.45) is 9.80. The van der Waals surface area contributed by atoms with Crippen molar-refractivity contribution in [3.05, 3.63) is 119 Å². The molecule has 0 spiro atoms. The number of ether oxygens (including phenoxy) is 4. The lowest BCUT2D eigenvalue weighted by atomic mass is 10.0. The Kier molecular flexibility index (Phi) is 38.9. The third-order valence-corrected chi connectivity index (χ3v) is 14.7. The highest BCUT2D eigenvalue weighted by molar-refractivity contribution is 5.96. The van der Waals surface area contributed by atoms with Gasteiger partial charge in [0.1, 0.15) is 46.8 Å². The molecule has 4 atom stereocenters. The number of nitrogen functional groups attached to an aromatic ring is 2. The molecule has 95 heavy (non-hydrogen) atoms. The second kappa shape index (κ2) is 46.4. The molecule has 4 unspecified atom stereocenters. The van der Waals surface area contributed by atoms with Crippen LogP contribution in [0, 0.1) is 22.7 Å². The van der Waals surface area contributed by atoms with E-state index in [2.05, 4.69) is 42.5 Å². The molecule has 27 heteroatoms. The third kappa shape index (κ3) is 34.7. The van der Waals surface area contributed by atoms with Crippen molar-refractivity contribution < 1.29 is 72.3 Å². The number of amidine groups is 2. The van der Waals surface area contributed by atoms with E-state index in [-0.39, 0.29) is 78.9 Å². The first kappa shape index (κ1) is 79.6. The first-order valence-electron chi connectivity index (χ1n) is 32.3. The number of urea groups is 1. The molecule has 0 heterocycles. The molecule has 6 amide bonds. The highest BCUT2D eigenvalue weighted by Crippen LogP contribution is 2.20. The van der Waals surface area contributed by atoms with Gasteiger partial charge < -0.3 is 83.2 Å². The van der Waals surface area contributed by atoms with Crippen molar-refractivity contribution in [3.63, 3.8) is 0 Å². The molecule has 4 aromatic rings. The van der Waals surface area contributed by atoms with E-state index in [0.717, 1.165) is 38.8 Å². The van der Waals surface area contributed by atoms with Gasteiger partial charge in [-0.25, -0.2) is 24.0 Å². The zero-order chi connectivity index (χ0) is 69.8. The van der Waals surface area contributed by atoms with Crippen LogP contribution in [-0.2, 0) is 28.8 Å². The van der Waals surface area contributed by atoms with Crippen LogP contribution >= 0.6 is 0 Å². The average Bonchev–Trinajstić information content (AvgIpc) is 1.06. The largest absolute Gasteiger partial charge is 0.494 e. The predicted octanol–water partition coefficient (Wildman–Crippen LogP) is 6.15. The number of benzene rings is 4. The summed E-state index contributed by atoms with van der Waals surface area (Å²) in [4.78, 5) is 109. The van der Waals surface area contributed by atoms with Crippen molar-refractivity contribution >= 4 is 65.2 Å². The van der Waals surface area contributed by atoms with Gasteiger partial charge in [0, 0.05) is 62.0 Å². The van der Waals surface area contributed by atoms with Gasteiger partial charge in [-0.05, 0) is 208 Å². The van der Waals surface area contributed by atoms with E-state index in [1.807, 2.05) is 14.1 Å². The number of esters is 2. The number of amides is 6. The van der Waals surface area contributed by atoms with Crippen LogP contribution in [0.4, 0.5) is 4.79 Å². The maximum atomic E-state index is 12.4. The number of hydrogen-bond acceptors (Lipinski definition) is 17. The number of nitrogens with two attached hydrogens (primary N) is 2. The van der Waals surface area contributed by atoms with Crippen molar-refractivity contribution in [3.8, 4) is 23.0 Å². The molecule has 0 aliphatic rings. The summed E-state index contributed by atoms with van der Waals surface area (Å²) < 4.78 is 22.0. The van der Waals surface area contributed by atoms with Crippen LogP contribution in [0.2, 0.25) is 0 Å². The van der Waals surface area contributed by atoms with Gasteiger partial charge in [-0.2, -0.15) is 0 Å². The monoisotopic (exact) mass is 1320 g/mol. The number of hydrogen-bond donors (Lipinski definition) is 14. The lowest BCUT2D eigenvalue weighted by Crippen LogP contribution is -2.43. The SMILES string of the molecule is CNCCCCC(C)C(=O)NC(CCCCNC(=O)CCCC(=O)NCCCOc1ccc(C(=O)Oc2ccc(C(=N)N)cc2)cc1)C(=O)O.CNCCCCC(C)C(=O)NC(CCCCNC(=O)NCCCOc1ccc(C(=O)Oc2ccc(C(=N)N)cc2)cc1)C(=O)O. The van der Waals surface area contributed by atoms with Crippen LogP contribution in [0.1, 0.15) is 155 Å². The van der Waals surface area contributed by atoms with Crippen LogP contribution in [0.15, 0.2) is 97.1 Å². The third-order valence-electron chi connectivity index (χ3n) is 14.7. The predicted molar refractivity (Wildman–Crippen MR) is 360 cm³/mol. The van der Waals surface area contributed by atoms with Crippen LogP contribution in [0.3, 0.4) is 0 Å². The van der Waals surface area contributed by atoms with Crippen molar-refractivity contribution in [1.82, 2.24) is 42.5 Å². The van der Waals surface area contributed by atoms with Crippen LogP contribution in [0.25, 0.3) is 0 Å². The summed E-state index contributed by atoms with van der Waals surface area (Å²) in [5, 5.41) is 56.2. The fourth-order valence-electron chi connectivity index (χ4n) is 9.00. The van der Waals surface area contributed by atoms with Crippen LogP contribution in [0.5, 0.6) is 23.0 Å². The number of carboxylic acids is 2. The molecular formula is C68H98N12O15. The minimum absolute atomic E-state index is 0.0702. The van der Waals surface area contributed by atoms with Crippen LogP contribution < -0.4 is 72.9 Å². The summed E-state index contributed by atoms with van der Waals surface area (Å²) in [7, 11) is 3.75. The normalized spacial score (nSPS) is 11.9. The molecule has 4 rings (SSSR count). The first-order chi connectivity index (χ1) is 45.6. The van der Waals surface area contributed by atoms with Gasteiger partial charge in [-0.3, -0.25) is 30.0 Å². The molecule has 27 nitrogen and oxygen atoms in total. The summed E-state index contributed by atoms with van der Waals surface area (Å²) in [5.74, 6) is -2.89. The topological polar surface area (TPSA) is 427 Å². The summed E-state index contributed by atoms with van der Waals surface area (Å²) in [6.45, 7) is 7.63. The molecular weight excluding hydrogens is 1220 g/mol. The Hall–Kier alpha value is -9.63. The molecule has 0 fully saturated rings. The molecule has 0 saturated carbocycles. The molecule has 16 N–H and O–H groups in total. The average molecular weight is 1320 g/mol. The summed E-state index contributed by atoms with van der Waals surface area (Å²) in [5.41, 5.74) is 12.6. The molecule has 0 radical (unpaired) electrons. The van der Waals surface area contributed by atoms with Gasteiger partial charge in [-0.1, -0.05) is 26.7 Å². The fraction of sp³-hybridized carbons (Fsp3) is 0.485. The Balaban J connectivity index is 0.000000498. The maximum Gasteiger partial charge on any atom is 0.343 e. The van der Waals surface area contributed by atoms with Gasteiger partial charge >= 0.3 is 29.9 Å². The van der Waals surface area contributed by atoms with E-state index in [1.54, 1.807) is 111 Å². The summed E-state index contributed by atoms with van der Waals surface area (Å²) >= 11 is 0. The fourth-order valence-corrected chi connectivity index (χ4v) is 9.00. The minimum Gasteiger partial charge on any atom is -0.494 e. The number of aliphatic carboxylic acids is 2. The standard InChI is InChI=1S/C36H52N6O8.C32H46N6O7/c1-25(9-3-5-21-39-2)34(45)42-30(35(46)47)10-4-6-22-40-31(43)11-7-12-32(44)41-23-8-24-49-28-17-15-27(16-18-28)36(48)50-29-19-13-26(14-20-29)33(37)38;1-22(8-3-5-18-35-2)29(39)38-27(30(40)41)9-4-6-19-36-32(43)37-20-7-21-44-25-14-12-24(13-15-25)31(42)45-26-16-10-23(11-17-26)28(33)34/h13-20,25,30,39H,3-12,21-24H2,1-2H3,(H3,37,38)(H,40,43)(H,41,44)(H,42,45)(H,46,47);10-17,22,27,35H,3-9,18-21H2,1-2H3,(H3,33,34)(H,38,39)(H,40,41)(H2,36,37,43). The zero-order valence-corrected chi connectivity index (χ0v) is 55.1. The number of carbonyl (C=O) groups is 9. The van der Waals surface area contributed by atoms with Gasteiger partial charge in [-0.15, -0.1) is 0 Å². The Morgan fingerprint density at radius 1 is 0.411 bits per heavy atom. The molecule has 0 bridgehead atoms. The molecule has 0 aromatic heterocycles. The van der Waals surface area contributed by atoms with Crippen LogP contribution in [-0.4, -0.2) is 154 Å². The zero-order valence-electron chi connectivity index (χ0n) is 55.1. The minimum atomic E-state index is -1.07. The van der Waals surface area contributed by atoms with Crippen molar-refractivity contribution in [1.29, 1.82) is 10.8 Å². The highest BCUT2D eigenvalue weighted by atomic mass is 16.5. The van der Waals surface area contributed by atoms with Gasteiger partial charge in [0.15, 0.2) is 0 Å². The van der Waals surface area contributed by atoms with E-state index in [9.17, 15) is 53.4 Å². The lowest BCUT2D eigenvalue weighted by molar-refractivity contribution is -0.143. The Morgan fingerprint density at radius 3 is 1.08 bits per heavy atom. The second-order valence-corrected chi connectivity index (χ2v) is 22.6. The van der Waals surface area contributed by atoms with E-state index in [0.29, 0.717) is 142 Å². The second-order valence-electron chi connectivity index (χ2n) is 22.6. The quantitative estimate of drug-likeness (QED) is 0.00775. The van der Waals surface area contributed by atoms with Crippen molar-refractivity contribution in [2.24, 2.45) is 23.3 Å². The van der Waals surface area contributed by atoms with Crippen molar-refractivity contribution in [2.45, 2.75) is 135 Å². The van der Waals surface area contributed by atoms with Gasteiger partial charge in [0.05, 0.1) is 24.3 Å². The number of carbonyl (C=O) groups excluding carboxylic acids is 7. The molecule has 4 aromatic carbocycles. The van der Waals surface area contributed by atoms with Gasteiger partial charge in [0.2, 0.25) is 23.6 Å². The Morgan fingerprint density at radius 2 is 0.726 bits per heavy atom. The number of rotatable bonds is 46. The Bertz CT molecular complexity index is 3030. The van der Waals surface area contributed by atoms with E-state index >= 15 is 0 Å². The number of nitrogens with one attached hydrogen (secondary N) is 10. The van der Waals surface area contributed by atoms with Crippen molar-refractivity contribution in [2.75, 3.05) is 66.6 Å². The highest BCUT2D eigenvalue weighted by Gasteiger charge is 2.24. The Labute approximate surface area is 556 Å².